The van der Waals surface area contributed by atoms with E-state index in [1.165, 1.54) is 6.33 Å². The van der Waals surface area contributed by atoms with Crippen LogP contribution < -0.4 is 16.6 Å². The van der Waals surface area contributed by atoms with E-state index in [4.69, 9.17) is 5.84 Å². The van der Waals surface area contributed by atoms with Crippen molar-refractivity contribution in [1.82, 2.24) is 9.97 Å². The number of rotatable bonds is 5. The number of nitrogens with zero attached hydrogens (tertiary/aromatic N) is 3. The third-order valence-electron chi connectivity index (χ3n) is 2.48. The first-order valence-corrected chi connectivity index (χ1v) is 5.15. The molecule has 94 valence electrons. The van der Waals surface area contributed by atoms with Gasteiger partial charge in [0.2, 0.25) is 11.6 Å². The number of nitrogens with two attached hydrogens (primary N) is 1. The summed E-state index contributed by atoms with van der Waals surface area (Å²) in [6, 6.07) is 0. The molecule has 1 aromatic heterocycles. The maximum absolute atomic E-state index is 11.0. The molecule has 0 saturated carbocycles. The summed E-state index contributed by atoms with van der Waals surface area (Å²) in [5.41, 5.74) is 1.63. The average Bonchev–Trinajstić information content (AvgIpc) is 2.27. The van der Waals surface area contributed by atoms with Crippen LogP contribution in [0.3, 0.4) is 0 Å². The molecule has 0 bridgehead atoms. The van der Waals surface area contributed by atoms with Gasteiger partial charge in [0.1, 0.15) is 6.33 Å². The van der Waals surface area contributed by atoms with Gasteiger partial charge < -0.3 is 10.7 Å². The molecule has 1 rings (SSSR count). The average molecular weight is 240 g/mol. The van der Waals surface area contributed by atoms with E-state index in [0.29, 0.717) is 0 Å². The number of hydrazine groups is 1. The fraction of sp³-hybridized carbons (Fsp3) is 0.556. The molecule has 0 aliphatic carbocycles. The maximum atomic E-state index is 11.0. The molecule has 0 fully saturated rings. The SMILES string of the molecule is CCC(C)(C)Nc1ncnc(NN)c1[N+](=O)[O-]. The zero-order chi connectivity index (χ0) is 13.1. The van der Waals surface area contributed by atoms with Gasteiger partial charge in [0.05, 0.1) is 4.92 Å². The molecular formula is C9H16N6O2. The Morgan fingerprint density at radius 1 is 1.47 bits per heavy atom. The van der Waals surface area contributed by atoms with Gasteiger partial charge >= 0.3 is 5.69 Å². The minimum Gasteiger partial charge on any atom is -0.359 e. The lowest BCUT2D eigenvalue weighted by atomic mass is 10.0. The molecule has 0 aromatic carbocycles. The summed E-state index contributed by atoms with van der Waals surface area (Å²) in [6.07, 6.45) is 2.01. The first kappa shape index (κ1) is 13.1. The zero-order valence-corrected chi connectivity index (χ0v) is 10.0. The highest BCUT2D eigenvalue weighted by atomic mass is 16.6. The van der Waals surface area contributed by atoms with Crippen LogP contribution in [0, 0.1) is 10.1 Å². The van der Waals surface area contributed by atoms with Gasteiger partial charge in [-0.3, -0.25) is 10.1 Å². The number of nitrogens with one attached hydrogen (secondary N) is 2. The van der Waals surface area contributed by atoms with E-state index in [9.17, 15) is 10.1 Å². The monoisotopic (exact) mass is 240 g/mol. The minimum atomic E-state index is -0.566. The number of aromatic nitrogens is 2. The fourth-order valence-electron chi connectivity index (χ4n) is 1.16. The van der Waals surface area contributed by atoms with Gasteiger partial charge in [-0.15, -0.1) is 0 Å². The first-order valence-electron chi connectivity index (χ1n) is 5.15. The zero-order valence-electron chi connectivity index (χ0n) is 10.0. The number of nitro groups is 1. The number of hydrogen-bond donors (Lipinski definition) is 3. The van der Waals surface area contributed by atoms with Gasteiger partial charge in [0.15, 0.2) is 0 Å². The van der Waals surface area contributed by atoms with Crippen LogP contribution >= 0.6 is 0 Å². The third-order valence-corrected chi connectivity index (χ3v) is 2.48. The summed E-state index contributed by atoms with van der Waals surface area (Å²) < 4.78 is 0. The predicted molar refractivity (Wildman–Crippen MR) is 64.5 cm³/mol. The molecule has 4 N–H and O–H groups in total. The van der Waals surface area contributed by atoms with Gasteiger partial charge in [-0.25, -0.2) is 15.8 Å². The van der Waals surface area contributed by atoms with Crippen LogP contribution in [0.2, 0.25) is 0 Å². The van der Waals surface area contributed by atoms with Crippen molar-refractivity contribution in [3.63, 3.8) is 0 Å². The van der Waals surface area contributed by atoms with E-state index in [2.05, 4.69) is 20.7 Å². The van der Waals surface area contributed by atoms with Gasteiger partial charge in [-0.2, -0.15) is 0 Å². The maximum Gasteiger partial charge on any atom is 0.354 e. The van der Waals surface area contributed by atoms with E-state index >= 15 is 0 Å². The van der Waals surface area contributed by atoms with Crippen LogP contribution in [0.5, 0.6) is 0 Å². The Labute approximate surface area is 98.8 Å². The third kappa shape index (κ3) is 3.00. The van der Waals surface area contributed by atoms with Crippen LogP contribution in [-0.4, -0.2) is 20.4 Å². The number of hydrogen-bond acceptors (Lipinski definition) is 7. The Hall–Kier alpha value is -1.96. The summed E-state index contributed by atoms with van der Waals surface area (Å²) in [5.74, 6) is 5.32. The molecule has 0 spiro atoms. The summed E-state index contributed by atoms with van der Waals surface area (Å²) in [7, 11) is 0. The molecule has 0 aliphatic heterocycles. The Morgan fingerprint density at radius 2 is 2.06 bits per heavy atom. The van der Waals surface area contributed by atoms with Crippen molar-refractivity contribution in [2.45, 2.75) is 32.7 Å². The Morgan fingerprint density at radius 3 is 2.53 bits per heavy atom. The number of anilines is 2. The van der Waals surface area contributed by atoms with Gasteiger partial charge in [-0.1, -0.05) is 6.92 Å². The summed E-state index contributed by atoms with van der Waals surface area (Å²) >= 11 is 0. The molecule has 0 amide bonds. The van der Waals surface area contributed by atoms with E-state index in [1.54, 1.807) is 0 Å². The molecule has 0 atom stereocenters. The quantitative estimate of drug-likeness (QED) is 0.402. The van der Waals surface area contributed by atoms with Crippen molar-refractivity contribution in [2.24, 2.45) is 5.84 Å². The molecule has 0 unspecified atom stereocenters. The predicted octanol–water partition coefficient (Wildman–Crippen LogP) is 1.27. The van der Waals surface area contributed by atoms with Crippen molar-refractivity contribution < 1.29 is 4.92 Å². The highest BCUT2D eigenvalue weighted by molar-refractivity contribution is 5.69. The summed E-state index contributed by atoms with van der Waals surface area (Å²) in [4.78, 5) is 18.0. The van der Waals surface area contributed by atoms with Crippen molar-refractivity contribution in [3.05, 3.63) is 16.4 Å². The second kappa shape index (κ2) is 4.91. The van der Waals surface area contributed by atoms with Crippen LogP contribution in [0.15, 0.2) is 6.33 Å². The van der Waals surface area contributed by atoms with Crippen molar-refractivity contribution in [2.75, 3.05) is 10.7 Å². The molecule has 8 nitrogen and oxygen atoms in total. The van der Waals surface area contributed by atoms with Crippen LogP contribution in [0.25, 0.3) is 0 Å². The summed E-state index contributed by atoms with van der Waals surface area (Å²) in [6.45, 7) is 5.82. The van der Waals surface area contributed by atoms with Gasteiger partial charge in [0, 0.05) is 5.54 Å². The van der Waals surface area contributed by atoms with Crippen LogP contribution in [0.4, 0.5) is 17.3 Å². The van der Waals surface area contributed by atoms with Crippen LogP contribution in [0.1, 0.15) is 27.2 Å². The van der Waals surface area contributed by atoms with E-state index in [0.717, 1.165) is 6.42 Å². The smallest absolute Gasteiger partial charge is 0.354 e. The van der Waals surface area contributed by atoms with E-state index in [-0.39, 0.29) is 22.9 Å². The normalized spacial score (nSPS) is 11.1. The van der Waals surface area contributed by atoms with E-state index in [1.807, 2.05) is 20.8 Å². The second-order valence-corrected chi connectivity index (χ2v) is 4.18. The second-order valence-electron chi connectivity index (χ2n) is 4.18. The first-order chi connectivity index (χ1) is 7.91. The Balaban J connectivity index is 3.19. The largest absolute Gasteiger partial charge is 0.359 e. The molecular weight excluding hydrogens is 224 g/mol. The fourth-order valence-corrected chi connectivity index (χ4v) is 1.16. The van der Waals surface area contributed by atoms with Gasteiger partial charge in [0.25, 0.3) is 0 Å². The van der Waals surface area contributed by atoms with Crippen molar-refractivity contribution >= 4 is 17.3 Å². The lowest BCUT2D eigenvalue weighted by molar-refractivity contribution is -0.383. The molecule has 0 aliphatic rings. The van der Waals surface area contributed by atoms with Crippen molar-refractivity contribution in [1.29, 1.82) is 0 Å². The molecule has 8 heteroatoms. The molecule has 1 aromatic rings. The van der Waals surface area contributed by atoms with Crippen molar-refractivity contribution in [3.8, 4) is 0 Å². The minimum absolute atomic E-state index is 0.0144. The van der Waals surface area contributed by atoms with Gasteiger partial charge in [-0.05, 0) is 20.3 Å². The molecule has 0 radical (unpaired) electrons. The van der Waals surface area contributed by atoms with Crippen LogP contribution in [-0.2, 0) is 0 Å². The highest BCUT2D eigenvalue weighted by Crippen LogP contribution is 2.30. The topological polar surface area (TPSA) is 119 Å². The molecule has 17 heavy (non-hydrogen) atoms. The standard InChI is InChI=1S/C9H16N6O2/c1-4-9(2,3)13-7-6(15(16)17)8(14-10)12-5-11-7/h5H,4,10H2,1-3H3,(H2,11,12,13,14). The lowest BCUT2D eigenvalue weighted by Gasteiger charge is -2.24. The van der Waals surface area contributed by atoms with E-state index < -0.39 is 4.92 Å². The Kier molecular flexibility index (Phi) is 3.79. The molecule has 0 saturated heterocycles. The highest BCUT2D eigenvalue weighted by Gasteiger charge is 2.26. The number of nitrogen functional groups attached to an aromatic ring is 1. The molecule has 1 heterocycles. The Bertz CT molecular complexity index is 420. The lowest BCUT2D eigenvalue weighted by Crippen LogP contribution is -2.30. The summed E-state index contributed by atoms with van der Waals surface area (Å²) in [5, 5.41) is 14.0.